The predicted molar refractivity (Wildman–Crippen MR) is 63.8 cm³/mol. The highest BCUT2D eigenvalue weighted by Crippen LogP contribution is 2.06. The minimum atomic E-state index is 0.558. The molecule has 1 atom stereocenters. The molecule has 96 valence electrons. The van der Waals surface area contributed by atoms with Gasteiger partial charge in [0.05, 0.1) is 19.8 Å². The smallest absolute Gasteiger partial charge is 0.0701 e. The summed E-state index contributed by atoms with van der Waals surface area (Å²) in [6, 6.07) is 0.558. The van der Waals surface area contributed by atoms with Gasteiger partial charge in [0.1, 0.15) is 0 Å². The van der Waals surface area contributed by atoms with Gasteiger partial charge in [-0.2, -0.15) is 0 Å². The lowest BCUT2D eigenvalue weighted by molar-refractivity contribution is 0.0302. The van der Waals surface area contributed by atoms with Crippen molar-refractivity contribution in [3.05, 3.63) is 0 Å². The van der Waals surface area contributed by atoms with Crippen LogP contribution in [0, 0.1) is 0 Å². The van der Waals surface area contributed by atoms with Gasteiger partial charge >= 0.3 is 0 Å². The van der Waals surface area contributed by atoms with E-state index in [0.29, 0.717) is 19.3 Å². The second-order valence-electron chi connectivity index (χ2n) is 4.18. The number of methoxy groups -OCH3 is 1. The van der Waals surface area contributed by atoms with Crippen LogP contribution < -0.4 is 5.32 Å². The van der Waals surface area contributed by atoms with Gasteiger partial charge in [-0.1, -0.05) is 6.42 Å². The van der Waals surface area contributed by atoms with Gasteiger partial charge in [-0.25, -0.2) is 0 Å². The molecule has 1 unspecified atom stereocenters. The number of piperidine rings is 1. The van der Waals surface area contributed by atoms with Crippen LogP contribution in [0.2, 0.25) is 0 Å². The van der Waals surface area contributed by atoms with E-state index in [1.807, 2.05) is 0 Å². The Morgan fingerprint density at radius 1 is 1.06 bits per heavy atom. The van der Waals surface area contributed by atoms with E-state index in [9.17, 15) is 0 Å². The minimum Gasteiger partial charge on any atom is -0.385 e. The number of nitrogens with one attached hydrogen (secondary N) is 1. The van der Waals surface area contributed by atoms with E-state index in [1.165, 1.54) is 19.3 Å². The summed E-state index contributed by atoms with van der Waals surface area (Å²) >= 11 is 0. The van der Waals surface area contributed by atoms with Crippen LogP contribution in [0.1, 0.15) is 25.7 Å². The van der Waals surface area contributed by atoms with E-state index in [0.717, 1.165) is 32.8 Å². The molecule has 0 aromatic heterocycles. The third kappa shape index (κ3) is 7.17. The van der Waals surface area contributed by atoms with Crippen molar-refractivity contribution in [2.45, 2.75) is 31.7 Å². The fourth-order valence-corrected chi connectivity index (χ4v) is 1.82. The summed E-state index contributed by atoms with van der Waals surface area (Å²) < 4.78 is 15.9. The molecule has 16 heavy (non-hydrogen) atoms. The highest BCUT2D eigenvalue weighted by Gasteiger charge is 2.11. The van der Waals surface area contributed by atoms with Crippen LogP contribution >= 0.6 is 0 Å². The Morgan fingerprint density at radius 3 is 2.69 bits per heavy atom. The fourth-order valence-electron chi connectivity index (χ4n) is 1.82. The van der Waals surface area contributed by atoms with Gasteiger partial charge in [-0.3, -0.25) is 0 Å². The molecule has 1 rings (SSSR count). The SMILES string of the molecule is COCCCOCCOCC1CCCCN1. The number of ether oxygens (including phenoxy) is 3. The van der Waals surface area contributed by atoms with Gasteiger partial charge in [0.2, 0.25) is 0 Å². The molecule has 1 saturated heterocycles. The molecule has 1 fully saturated rings. The van der Waals surface area contributed by atoms with E-state index < -0.39 is 0 Å². The molecule has 1 heterocycles. The van der Waals surface area contributed by atoms with Crippen molar-refractivity contribution < 1.29 is 14.2 Å². The molecule has 1 N–H and O–H groups in total. The lowest BCUT2D eigenvalue weighted by atomic mass is 10.1. The lowest BCUT2D eigenvalue weighted by Gasteiger charge is -2.23. The highest BCUT2D eigenvalue weighted by atomic mass is 16.5. The first kappa shape index (κ1) is 13.9. The first-order valence-electron chi connectivity index (χ1n) is 6.31. The lowest BCUT2D eigenvalue weighted by Crippen LogP contribution is -2.37. The average Bonchev–Trinajstić information content (AvgIpc) is 2.34. The fraction of sp³-hybridized carbons (Fsp3) is 1.00. The molecule has 4 nitrogen and oxygen atoms in total. The van der Waals surface area contributed by atoms with E-state index in [4.69, 9.17) is 14.2 Å². The maximum Gasteiger partial charge on any atom is 0.0701 e. The Kier molecular flexibility index (Phi) is 8.71. The molecule has 0 saturated carbocycles. The van der Waals surface area contributed by atoms with Crippen molar-refractivity contribution in [1.82, 2.24) is 5.32 Å². The molecule has 0 aromatic carbocycles. The zero-order chi connectivity index (χ0) is 11.5. The monoisotopic (exact) mass is 231 g/mol. The largest absolute Gasteiger partial charge is 0.385 e. The summed E-state index contributed by atoms with van der Waals surface area (Å²) in [6.45, 7) is 4.89. The van der Waals surface area contributed by atoms with Gasteiger partial charge in [0.25, 0.3) is 0 Å². The van der Waals surface area contributed by atoms with E-state index in [-0.39, 0.29) is 0 Å². The first-order chi connectivity index (χ1) is 7.93. The molecule has 0 aliphatic carbocycles. The summed E-state index contributed by atoms with van der Waals surface area (Å²) in [7, 11) is 1.71. The molecule has 0 radical (unpaired) electrons. The summed E-state index contributed by atoms with van der Waals surface area (Å²) in [5.74, 6) is 0. The van der Waals surface area contributed by atoms with Crippen molar-refractivity contribution >= 4 is 0 Å². The standard InChI is InChI=1S/C12H25NO3/c1-14-7-4-8-15-9-10-16-11-12-5-2-3-6-13-12/h12-13H,2-11H2,1H3. The summed E-state index contributed by atoms with van der Waals surface area (Å²) in [5.41, 5.74) is 0. The van der Waals surface area contributed by atoms with Crippen LogP contribution in [0.5, 0.6) is 0 Å². The summed E-state index contributed by atoms with van der Waals surface area (Å²) in [6.07, 6.45) is 4.84. The van der Waals surface area contributed by atoms with Gasteiger partial charge in [-0.05, 0) is 25.8 Å². The van der Waals surface area contributed by atoms with Crippen LogP contribution in [-0.2, 0) is 14.2 Å². The Balaban J connectivity index is 1.77. The topological polar surface area (TPSA) is 39.7 Å². The minimum absolute atomic E-state index is 0.558. The Bertz CT molecular complexity index is 149. The molecular formula is C12H25NO3. The molecular weight excluding hydrogens is 206 g/mol. The molecule has 0 bridgehead atoms. The van der Waals surface area contributed by atoms with Crippen LogP contribution in [-0.4, -0.2) is 52.7 Å². The zero-order valence-corrected chi connectivity index (χ0v) is 10.4. The van der Waals surface area contributed by atoms with E-state index >= 15 is 0 Å². The summed E-state index contributed by atoms with van der Waals surface area (Å²) in [4.78, 5) is 0. The maximum atomic E-state index is 5.56. The second kappa shape index (κ2) is 10.0. The third-order valence-electron chi connectivity index (χ3n) is 2.74. The van der Waals surface area contributed by atoms with Gasteiger partial charge in [0, 0.05) is 26.4 Å². The predicted octanol–water partition coefficient (Wildman–Crippen LogP) is 1.20. The molecule has 0 aromatic rings. The number of rotatable bonds is 9. The second-order valence-corrected chi connectivity index (χ2v) is 4.18. The van der Waals surface area contributed by atoms with Gasteiger partial charge in [-0.15, -0.1) is 0 Å². The Morgan fingerprint density at radius 2 is 1.94 bits per heavy atom. The van der Waals surface area contributed by atoms with Gasteiger partial charge < -0.3 is 19.5 Å². The maximum absolute atomic E-state index is 5.56. The zero-order valence-electron chi connectivity index (χ0n) is 10.4. The Labute approximate surface area is 98.6 Å². The van der Waals surface area contributed by atoms with Crippen molar-refractivity contribution in [3.8, 4) is 0 Å². The van der Waals surface area contributed by atoms with Crippen molar-refractivity contribution in [3.63, 3.8) is 0 Å². The van der Waals surface area contributed by atoms with Crippen molar-refractivity contribution in [2.24, 2.45) is 0 Å². The Hall–Kier alpha value is -0.160. The average molecular weight is 231 g/mol. The van der Waals surface area contributed by atoms with Crippen LogP contribution in [0.3, 0.4) is 0 Å². The van der Waals surface area contributed by atoms with Crippen LogP contribution in [0.25, 0.3) is 0 Å². The quantitative estimate of drug-likeness (QED) is 0.605. The van der Waals surface area contributed by atoms with E-state index in [2.05, 4.69) is 5.32 Å². The van der Waals surface area contributed by atoms with Gasteiger partial charge in [0.15, 0.2) is 0 Å². The number of hydrogen-bond donors (Lipinski definition) is 1. The first-order valence-corrected chi connectivity index (χ1v) is 6.31. The summed E-state index contributed by atoms with van der Waals surface area (Å²) in [5, 5.41) is 3.46. The molecule has 1 aliphatic heterocycles. The van der Waals surface area contributed by atoms with Crippen molar-refractivity contribution in [1.29, 1.82) is 0 Å². The molecule has 0 spiro atoms. The molecule has 4 heteroatoms. The molecule has 0 amide bonds. The van der Waals surface area contributed by atoms with Crippen LogP contribution in [0.4, 0.5) is 0 Å². The van der Waals surface area contributed by atoms with E-state index in [1.54, 1.807) is 7.11 Å². The van der Waals surface area contributed by atoms with Crippen molar-refractivity contribution in [2.75, 3.05) is 46.7 Å². The van der Waals surface area contributed by atoms with Crippen LogP contribution in [0.15, 0.2) is 0 Å². The highest BCUT2D eigenvalue weighted by molar-refractivity contribution is 4.71. The number of hydrogen-bond acceptors (Lipinski definition) is 4. The third-order valence-corrected chi connectivity index (χ3v) is 2.74. The normalized spacial score (nSPS) is 21.2. The molecule has 1 aliphatic rings.